The zero-order chi connectivity index (χ0) is 13.1. The number of pyridine rings is 1. The number of rotatable bonds is 4. The van der Waals surface area contributed by atoms with Gasteiger partial charge in [-0.15, -0.1) is 0 Å². The molecule has 1 aromatic rings. The molecule has 1 aromatic heterocycles. The molecule has 0 saturated heterocycles. The fourth-order valence-corrected chi connectivity index (χ4v) is 1.91. The predicted molar refractivity (Wildman–Crippen MR) is 77.2 cm³/mol. The quantitative estimate of drug-likeness (QED) is 0.896. The molecule has 4 heteroatoms. The number of hydrogen-bond acceptors (Lipinski definition) is 3. The van der Waals surface area contributed by atoms with Crippen molar-refractivity contribution in [2.24, 2.45) is 11.1 Å². The highest BCUT2D eigenvalue weighted by molar-refractivity contribution is 9.10. The van der Waals surface area contributed by atoms with Crippen molar-refractivity contribution in [3.63, 3.8) is 0 Å². The molecule has 1 heterocycles. The van der Waals surface area contributed by atoms with Gasteiger partial charge in [-0.25, -0.2) is 4.98 Å². The molecule has 1 rings (SSSR count). The summed E-state index contributed by atoms with van der Waals surface area (Å²) in [4.78, 5) is 4.51. The topological polar surface area (TPSA) is 50.9 Å². The van der Waals surface area contributed by atoms with Crippen molar-refractivity contribution in [3.05, 3.63) is 22.3 Å². The summed E-state index contributed by atoms with van der Waals surface area (Å²) in [6, 6.07) is 4.35. The van der Waals surface area contributed by atoms with E-state index in [1.165, 1.54) is 0 Å². The van der Waals surface area contributed by atoms with E-state index in [0.29, 0.717) is 12.6 Å². The minimum atomic E-state index is 0.169. The van der Waals surface area contributed by atoms with Crippen molar-refractivity contribution in [3.8, 4) is 0 Å². The number of nitrogens with zero attached hydrogens (tertiary/aromatic N) is 1. The van der Waals surface area contributed by atoms with Gasteiger partial charge in [0.05, 0.1) is 5.69 Å². The molecule has 0 radical (unpaired) electrons. The van der Waals surface area contributed by atoms with Gasteiger partial charge in [0.1, 0.15) is 5.82 Å². The molecule has 96 valence electrons. The number of nitrogens with one attached hydrogen (secondary N) is 1. The van der Waals surface area contributed by atoms with Crippen LogP contribution in [0, 0.1) is 12.3 Å². The van der Waals surface area contributed by atoms with Gasteiger partial charge in [0.15, 0.2) is 0 Å². The van der Waals surface area contributed by atoms with Crippen LogP contribution in [0.1, 0.15) is 32.9 Å². The van der Waals surface area contributed by atoms with Crippen LogP contribution in [0.4, 0.5) is 5.82 Å². The van der Waals surface area contributed by atoms with E-state index in [-0.39, 0.29) is 5.41 Å². The first-order valence-electron chi connectivity index (χ1n) is 5.94. The van der Waals surface area contributed by atoms with Crippen LogP contribution < -0.4 is 11.1 Å². The molecule has 0 spiro atoms. The van der Waals surface area contributed by atoms with E-state index >= 15 is 0 Å². The maximum atomic E-state index is 5.67. The molecular weight excluding hydrogens is 278 g/mol. The van der Waals surface area contributed by atoms with Crippen LogP contribution in [0.2, 0.25) is 0 Å². The van der Waals surface area contributed by atoms with Gasteiger partial charge in [0, 0.05) is 10.5 Å². The van der Waals surface area contributed by atoms with Crippen LogP contribution in [-0.2, 0) is 0 Å². The molecule has 0 saturated carbocycles. The van der Waals surface area contributed by atoms with Crippen molar-refractivity contribution in [2.45, 2.75) is 40.2 Å². The van der Waals surface area contributed by atoms with Crippen LogP contribution in [-0.4, -0.2) is 17.6 Å². The molecule has 1 unspecified atom stereocenters. The van der Waals surface area contributed by atoms with E-state index in [9.17, 15) is 0 Å². The Balaban J connectivity index is 2.82. The number of hydrogen-bond donors (Lipinski definition) is 2. The Labute approximate surface area is 112 Å². The molecule has 0 fully saturated rings. The van der Waals surface area contributed by atoms with Gasteiger partial charge in [-0.3, -0.25) is 0 Å². The fraction of sp³-hybridized carbons (Fsp3) is 0.615. The minimum Gasteiger partial charge on any atom is -0.367 e. The number of aromatic nitrogens is 1. The second kappa shape index (κ2) is 5.83. The van der Waals surface area contributed by atoms with Crippen molar-refractivity contribution < 1.29 is 0 Å². The maximum absolute atomic E-state index is 5.67. The van der Waals surface area contributed by atoms with Gasteiger partial charge >= 0.3 is 0 Å². The number of halogens is 1. The van der Waals surface area contributed by atoms with Crippen LogP contribution in [0.25, 0.3) is 0 Å². The third-order valence-electron chi connectivity index (χ3n) is 2.84. The van der Waals surface area contributed by atoms with Crippen molar-refractivity contribution in [2.75, 3.05) is 11.9 Å². The van der Waals surface area contributed by atoms with Crippen LogP contribution >= 0.6 is 15.9 Å². The highest BCUT2D eigenvalue weighted by Gasteiger charge is 2.24. The first kappa shape index (κ1) is 14.5. The Bertz CT molecular complexity index is 371. The van der Waals surface area contributed by atoms with Crippen molar-refractivity contribution >= 4 is 21.7 Å². The van der Waals surface area contributed by atoms with E-state index in [2.05, 4.69) is 47.0 Å². The zero-order valence-electron chi connectivity index (χ0n) is 11.0. The summed E-state index contributed by atoms with van der Waals surface area (Å²) < 4.78 is 1.04. The average Bonchev–Trinajstić information content (AvgIpc) is 2.21. The fourth-order valence-electron chi connectivity index (χ4n) is 1.69. The third-order valence-corrected chi connectivity index (χ3v) is 3.68. The minimum absolute atomic E-state index is 0.169. The first-order valence-corrected chi connectivity index (χ1v) is 6.73. The summed E-state index contributed by atoms with van der Waals surface area (Å²) in [6.45, 7) is 9.32. The van der Waals surface area contributed by atoms with E-state index in [4.69, 9.17) is 5.73 Å². The Hall–Kier alpha value is -0.610. The molecule has 0 amide bonds. The zero-order valence-corrected chi connectivity index (χ0v) is 12.6. The standard InChI is InChI=1S/C13H22BrN3/c1-9-10(14)5-6-12(16-9)17-11(7-8-15)13(2,3)4/h5-6,11H,7-8,15H2,1-4H3,(H,16,17). The Morgan fingerprint density at radius 1 is 1.41 bits per heavy atom. The van der Waals surface area contributed by atoms with Crippen LogP contribution in [0.5, 0.6) is 0 Å². The molecule has 0 bridgehead atoms. The molecule has 0 aliphatic carbocycles. The first-order chi connectivity index (χ1) is 7.84. The summed E-state index contributed by atoms with van der Waals surface area (Å²) in [7, 11) is 0. The second-order valence-electron chi connectivity index (χ2n) is 5.40. The second-order valence-corrected chi connectivity index (χ2v) is 6.26. The highest BCUT2D eigenvalue weighted by Crippen LogP contribution is 2.25. The molecular formula is C13H22BrN3. The normalized spacial score (nSPS) is 13.5. The van der Waals surface area contributed by atoms with Gasteiger partial charge in [-0.05, 0) is 53.4 Å². The van der Waals surface area contributed by atoms with E-state index in [1.54, 1.807) is 0 Å². The largest absolute Gasteiger partial charge is 0.367 e. The number of nitrogens with two attached hydrogens (primary N) is 1. The predicted octanol–water partition coefficient (Wildman–Crippen LogP) is 3.33. The summed E-state index contributed by atoms with van der Waals surface area (Å²) in [5.74, 6) is 0.916. The molecule has 3 N–H and O–H groups in total. The summed E-state index contributed by atoms with van der Waals surface area (Å²) >= 11 is 3.46. The maximum Gasteiger partial charge on any atom is 0.126 e. The average molecular weight is 300 g/mol. The molecule has 1 atom stereocenters. The lowest BCUT2D eigenvalue weighted by Crippen LogP contribution is -2.36. The monoisotopic (exact) mass is 299 g/mol. The summed E-state index contributed by atoms with van der Waals surface area (Å²) in [5, 5.41) is 3.48. The third kappa shape index (κ3) is 4.28. The van der Waals surface area contributed by atoms with E-state index in [0.717, 1.165) is 22.4 Å². The molecule has 0 aliphatic rings. The SMILES string of the molecule is Cc1nc(NC(CCN)C(C)(C)C)ccc1Br. The van der Waals surface area contributed by atoms with Crippen molar-refractivity contribution in [1.29, 1.82) is 0 Å². The number of aryl methyl sites for hydroxylation is 1. The summed E-state index contributed by atoms with van der Waals surface area (Å²) in [5.41, 5.74) is 6.83. The van der Waals surface area contributed by atoms with Crippen molar-refractivity contribution in [1.82, 2.24) is 4.98 Å². The Morgan fingerprint density at radius 2 is 2.06 bits per heavy atom. The van der Waals surface area contributed by atoms with E-state index < -0.39 is 0 Å². The van der Waals surface area contributed by atoms with Gasteiger partial charge in [0.2, 0.25) is 0 Å². The van der Waals surface area contributed by atoms with Gasteiger partial charge in [0.25, 0.3) is 0 Å². The lowest BCUT2D eigenvalue weighted by Gasteiger charge is -2.31. The van der Waals surface area contributed by atoms with Gasteiger partial charge in [-0.1, -0.05) is 20.8 Å². The molecule has 17 heavy (non-hydrogen) atoms. The van der Waals surface area contributed by atoms with Crippen LogP contribution in [0.3, 0.4) is 0 Å². The van der Waals surface area contributed by atoms with E-state index in [1.807, 2.05) is 19.1 Å². The lowest BCUT2D eigenvalue weighted by atomic mass is 9.85. The molecule has 0 aromatic carbocycles. The smallest absolute Gasteiger partial charge is 0.126 e. The lowest BCUT2D eigenvalue weighted by molar-refractivity contribution is 0.328. The highest BCUT2D eigenvalue weighted by atomic mass is 79.9. The molecule has 3 nitrogen and oxygen atoms in total. The Kier molecular flexibility index (Phi) is 4.95. The summed E-state index contributed by atoms with van der Waals surface area (Å²) in [6.07, 6.45) is 0.945. The van der Waals surface area contributed by atoms with Crippen LogP contribution in [0.15, 0.2) is 16.6 Å². The Morgan fingerprint density at radius 3 is 2.53 bits per heavy atom. The van der Waals surface area contributed by atoms with Gasteiger partial charge < -0.3 is 11.1 Å². The van der Waals surface area contributed by atoms with Gasteiger partial charge in [-0.2, -0.15) is 0 Å². The molecule has 0 aliphatic heterocycles. The number of anilines is 1.